The van der Waals surface area contributed by atoms with Crippen molar-refractivity contribution in [3.63, 3.8) is 0 Å². The van der Waals surface area contributed by atoms with Gasteiger partial charge in [0.1, 0.15) is 4.91 Å². The molecule has 1 aliphatic carbocycles. The van der Waals surface area contributed by atoms with Crippen LogP contribution in [0.25, 0.3) is 0 Å². The molecule has 0 spiro atoms. The molecule has 3 N–H and O–H groups in total. The van der Waals surface area contributed by atoms with Crippen LogP contribution in [0.15, 0.2) is 89.3 Å². The van der Waals surface area contributed by atoms with Gasteiger partial charge in [0.05, 0.1) is 11.2 Å². The lowest BCUT2D eigenvalue weighted by Gasteiger charge is -2.51. The van der Waals surface area contributed by atoms with Gasteiger partial charge in [0.25, 0.3) is 0 Å². The molecule has 3 atom stereocenters. The maximum atomic E-state index is 13.0. The predicted octanol–water partition coefficient (Wildman–Crippen LogP) is 4.59. The van der Waals surface area contributed by atoms with Crippen LogP contribution in [0, 0.1) is 23.2 Å². The zero-order valence-corrected chi connectivity index (χ0v) is 30.4. The van der Waals surface area contributed by atoms with E-state index in [1.165, 1.54) is 11.8 Å². The number of nitrogens with zero attached hydrogens (tertiary/aromatic N) is 5. The topological polar surface area (TPSA) is 127 Å². The van der Waals surface area contributed by atoms with Crippen molar-refractivity contribution in [3.05, 3.63) is 90.0 Å². The van der Waals surface area contributed by atoms with E-state index in [2.05, 4.69) is 66.5 Å². The highest BCUT2D eigenvalue weighted by molar-refractivity contribution is 7.96. The fourth-order valence-electron chi connectivity index (χ4n) is 8.76. The molecule has 6 rings (SSSR count). The van der Waals surface area contributed by atoms with E-state index in [-0.39, 0.29) is 27.3 Å². The Balaban J connectivity index is 1.13. The molecule has 0 radical (unpaired) electrons. The van der Waals surface area contributed by atoms with E-state index in [0.717, 1.165) is 83.3 Å². The lowest BCUT2D eigenvalue weighted by molar-refractivity contribution is 0.0561. The largest absolute Gasteiger partial charge is 0.393 e. The molecule has 268 valence electrons. The number of hydrogen-bond donors (Lipinski definition) is 3. The molecule has 11 nitrogen and oxygen atoms in total. The van der Waals surface area contributed by atoms with Crippen molar-refractivity contribution in [2.24, 2.45) is 17.8 Å². The molecule has 1 unspecified atom stereocenters. The molecule has 2 saturated heterocycles. The van der Waals surface area contributed by atoms with Crippen molar-refractivity contribution >= 4 is 27.8 Å². The van der Waals surface area contributed by atoms with Gasteiger partial charge in [-0.2, -0.15) is 0 Å². The minimum Gasteiger partial charge on any atom is -0.393 e. The van der Waals surface area contributed by atoms with Crippen molar-refractivity contribution in [2.45, 2.75) is 55.0 Å². The number of sulfone groups is 1. The Kier molecular flexibility index (Phi) is 11.0. The van der Waals surface area contributed by atoms with Crippen LogP contribution in [-0.2, 0) is 21.8 Å². The number of piperidine rings is 1. The second kappa shape index (κ2) is 15.4. The summed E-state index contributed by atoms with van der Waals surface area (Å²) < 4.78 is 28.0. The fourth-order valence-corrected chi connectivity index (χ4v) is 9.96. The first-order chi connectivity index (χ1) is 24.1. The van der Waals surface area contributed by atoms with Gasteiger partial charge in [-0.1, -0.05) is 36.8 Å². The second-order valence-corrected chi connectivity index (χ2v) is 16.4. The zero-order valence-electron chi connectivity index (χ0n) is 29.5. The van der Waals surface area contributed by atoms with E-state index in [0.29, 0.717) is 17.8 Å². The van der Waals surface area contributed by atoms with Gasteiger partial charge in [-0.25, -0.2) is 18.2 Å². The number of amides is 2. The lowest BCUT2D eigenvalue weighted by Crippen LogP contribution is -2.57. The standard InChI is InChI=1S/C38H52N8O3S/c1-40-23-34(22-39)50(48,49)33-14-12-32(13-15-33)46-25-29(26-46)24-44-19-16-31(17-20-44)38(27-45-21-18-41-28-45,30-8-5-4-6-9-30)35-10-7-11-36(35)42-37(47)43(2)3/h4-6,8-9,12-15,18,21-23,28-29,31,35-36,39-40H,7,10-11,16-17,19-20,24-27H2,1-3H3,(H,42,47)/b34-23+,39-22?/t35-,36-,38?/m1/s1. The number of nitrogens with one attached hydrogen (secondary N) is 3. The number of likely N-dealkylation sites (tertiary alicyclic amines) is 1. The van der Waals surface area contributed by atoms with Crippen LogP contribution < -0.4 is 15.5 Å². The molecule has 12 heteroatoms. The van der Waals surface area contributed by atoms with Gasteiger partial charge in [0.2, 0.25) is 9.84 Å². The molecular formula is C38H52N8O3S. The average Bonchev–Trinajstić information content (AvgIpc) is 3.81. The first kappa shape index (κ1) is 35.7. The van der Waals surface area contributed by atoms with E-state index in [1.807, 2.05) is 38.8 Å². The van der Waals surface area contributed by atoms with Crippen molar-refractivity contribution in [2.75, 3.05) is 58.8 Å². The van der Waals surface area contributed by atoms with E-state index in [1.54, 1.807) is 24.1 Å². The Morgan fingerprint density at radius 1 is 1.04 bits per heavy atom. The van der Waals surface area contributed by atoms with Crippen LogP contribution in [0.2, 0.25) is 0 Å². The highest BCUT2D eigenvalue weighted by Gasteiger charge is 2.52. The van der Waals surface area contributed by atoms with Gasteiger partial charge in [-0.05, 0) is 80.4 Å². The normalized spacial score (nSPS) is 22.1. The molecule has 3 aliphatic rings. The number of allylic oxidation sites excluding steroid dienone is 1. The SMILES string of the molecule is CN/C=C(\C=N)S(=O)(=O)c1ccc(N2CC(CN3CCC(C(Cn4ccnc4)(c4ccccc4)[C@@H]4CCC[C@H]4NC(=O)N(C)C)CC3)C2)cc1. The molecule has 3 aromatic rings. The first-order valence-corrected chi connectivity index (χ1v) is 19.3. The maximum Gasteiger partial charge on any atom is 0.317 e. The molecule has 50 heavy (non-hydrogen) atoms. The highest BCUT2D eigenvalue weighted by atomic mass is 32.2. The number of aromatic nitrogens is 2. The van der Waals surface area contributed by atoms with Gasteiger partial charge in [0, 0.05) is 95.2 Å². The van der Waals surface area contributed by atoms with Crippen LogP contribution in [-0.4, -0.2) is 99.9 Å². The summed E-state index contributed by atoms with van der Waals surface area (Å²) in [5.74, 6) is 1.32. The van der Waals surface area contributed by atoms with Gasteiger partial charge < -0.3 is 35.3 Å². The third kappa shape index (κ3) is 7.32. The number of benzene rings is 2. The monoisotopic (exact) mass is 700 g/mol. The number of rotatable bonds is 13. The maximum absolute atomic E-state index is 13.0. The third-order valence-electron chi connectivity index (χ3n) is 11.2. The van der Waals surface area contributed by atoms with E-state index in [9.17, 15) is 13.2 Å². The average molecular weight is 701 g/mol. The molecule has 1 saturated carbocycles. The van der Waals surface area contributed by atoms with E-state index in [4.69, 9.17) is 5.41 Å². The van der Waals surface area contributed by atoms with Gasteiger partial charge in [-0.15, -0.1) is 0 Å². The number of carbonyl (C=O) groups excluding carboxylic acids is 1. The summed E-state index contributed by atoms with van der Waals surface area (Å²) in [5, 5.41) is 13.6. The minimum atomic E-state index is -3.73. The number of urea groups is 1. The number of anilines is 1. The highest BCUT2D eigenvalue weighted by Crippen LogP contribution is 2.51. The summed E-state index contributed by atoms with van der Waals surface area (Å²) in [5.41, 5.74) is 2.24. The number of imidazole rings is 1. The summed E-state index contributed by atoms with van der Waals surface area (Å²) in [6.45, 7) is 5.87. The van der Waals surface area contributed by atoms with E-state index < -0.39 is 9.84 Å². The van der Waals surface area contributed by atoms with Crippen molar-refractivity contribution < 1.29 is 13.2 Å². The van der Waals surface area contributed by atoms with Crippen LogP contribution in [0.5, 0.6) is 0 Å². The molecule has 3 heterocycles. The van der Waals surface area contributed by atoms with E-state index >= 15 is 0 Å². The Morgan fingerprint density at radius 2 is 1.76 bits per heavy atom. The molecule has 1 aromatic heterocycles. The Hall–Kier alpha value is -4.16. The summed E-state index contributed by atoms with van der Waals surface area (Å²) in [4.78, 5) is 24.1. The van der Waals surface area contributed by atoms with Crippen molar-refractivity contribution in [1.82, 2.24) is 30.0 Å². The van der Waals surface area contributed by atoms with Crippen molar-refractivity contribution in [1.29, 1.82) is 5.41 Å². The summed E-state index contributed by atoms with van der Waals surface area (Å²) in [7, 11) is 1.51. The molecule has 0 bridgehead atoms. The fraction of sp³-hybridized carbons (Fsp3) is 0.500. The summed E-state index contributed by atoms with van der Waals surface area (Å²) >= 11 is 0. The summed E-state index contributed by atoms with van der Waals surface area (Å²) in [6.07, 6.45) is 13.5. The molecule has 2 aliphatic heterocycles. The quantitative estimate of drug-likeness (QED) is 0.223. The first-order valence-electron chi connectivity index (χ1n) is 17.8. The smallest absolute Gasteiger partial charge is 0.317 e. The number of carbonyl (C=O) groups is 1. The predicted molar refractivity (Wildman–Crippen MR) is 198 cm³/mol. The Morgan fingerprint density at radius 3 is 2.38 bits per heavy atom. The second-order valence-electron chi connectivity index (χ2n) is 14.5. The van der Waals surface area contributed by atoms with Gasteiger partial charge in [0.15, 0.2) is 0 Å². The number of hydrogen-bond acceptors (Lipinski definition) is 8. The van der Waals surface area contributed by atoms with Crippen LogP contribution in [0.3, 0.4) is 0 Å². The third-order valence-corrected chi connectivity index (χ3v) is 13.0. The van der Waals surface area contributed by atoms with Gasteiger partial charge in [-0.3, -0.25) is 0 Å². The Bertz CT molecular complexity index is 1710. The molecule has 2 aromatic carbocycles. The zero-order chi connectivity index (χ0) is 35.3. The van der Waals surface area contributed by atoms with Crippen LogP contribution >= 0.6 is 0 Å². The molecular weight excluding hydrogens is 649 g/mol. The summed E-state index contributed by atoms with van der Waals surface area (Å²) in [6, 6.07) is 18.2. The van der Waals surface area contributed by atoms with Crippen LogP contribution in [0.1, 0.15) is 37.7 Å². The molecule has 2 amide bonds. The lowest BCUT2D eigenvalue weighted by atomic mass is 9.58. The minimum absolute atomic E-state index is 0.0181. The van der Waals surface area contributed by atoms with Crippen LogP contribution in [0.4, 0.5) is 10.5 Å². The molecule has 3 fully saturated rings. The van der Waals surface area contributed by atoms with Gasteiger partial charge >= 0.3 is 6.03 Å². The van der Waals surface area contributed by atoms with Crippen molar-refractivity contribution in [3.8, 4) is 0 Å². The Labute approximate surface area is 297 Å².